The van der Waals surface area contributed by atoms with Gasteiger partial charge in [0.1, 0.15) is 11.6 Å². The molecule has 2 aliphatic heterocycles. The van der Waals surface area contributed by atoms with E-state index >= 15 is 0 Å². The first-order valence-corrected chi connectivity index (χ1v) is 8.23. The van der Waals surface area contributed by atoms with Gasteiger partial charge in [0.2, 0.25) is 0 Å². The molecule has 6 heteroatoms. The first-order valence-electron chi connectivity index (χ1n) is 8.23. The SMILES string of the molecule is c1coc(CN2CCO[C@]3(CCCN(c4cnccn4)C3)C2)c1. The van der Waals surface area contributed by atoms with Gasteiger partial charge in [-0.2, -0.15) is 0 Å². The fourth-order valence-electron chi connectivity index (χ4n) is 3.68. The van der Waals surface area contributed by atoms with Gasteiger partial charge >= 0.3 is 0 Å². The van der Waals surface area contributed by atoms with E-state index in [0.29, 0.717) is 0 Å². The van der Waals surface area contributed by atoms with E-state index in [9.17, 15) is 0 Å². The van der Waals surface area contributed by atoms with Crippen molar-refractivity contribution in [2.45, 2.75) is 25.0 Å². The van der Waals surface area contributed by atoms with E-state index in [1.807, 2.05) is 18.3 Å². The standard InChI is InChI=1S/C17H22N4O2/c1-3-15(22-9-1)12-20-8-10-23-17(13-20)4-2-7-21(14-17)16-11-18-5-6-19-16/h1,3,5-6,9,11H,2,4,7-8,10,12-14H2/t17-/m1/s1. The third-order valence-electron chi connectivity index (χ3n) is 4.70. The Morgan fingerprint density at radius 3 is 3.04 bits per heavy atom. The highest BCUT2D eigenvalue weighted by Gasteiger charge is 2.41. The van der Waals surface area contributed by atoms with Crippen LogP contribution in [0, 0.1) is 0 Å². The number of anilines is 1. The summed E-state index contributed by atoms with van der Waals surface area (Å²) in [5.41, 5.74) is -0.111. The summed E-state index contributed by atoms with van der Waals surface area (Å²) in [6, 6.07) is 3.98. The summed E-state index contributed by atoms with van der Waals surface area (Å²) in [5.74, 6) is 1.96. The molecule has 6 nitrogen and oxygen atoms in total. The fraction of sp³-hybridized carbons (Fsp3) is 0.529. The molecular weight excluding hydrogens is 292 g/mol. The summed E-state index contributed by atoms with van der Waals surface area (Å²) in [6.07, 6.45) is 9.25. The average Bonchev–Trinajstić information content (AvgIpc) is 3.09. The van der Waals surface area contributed by atoms with Gasteiger partial charge in [-0.1, -0.05) is 0 Å². The highest BCUT2D eigenvalue weighted by Crippen LogP contribution is 2.31. The highest BCUT2D eigenvalue weighted by atomic mass is 16.5. The maximum atomic E-state index is 6.25. The van der Waals surface area contributed by atoms with Gasteiger partial charge in [0, 0.05) is 38.6 Å². The lowest BCUT2D eigenvalue weighted by atomic mass is 9.90. The van der Waals surface area contributed by atoms with Crippen molar-refractivity contribution < 1.29 is 9.15 Å². The van der Waals surface area contributed by atoms with Crippen molar-refractivity contribution >= 4 is 5.82 Å². The van der Waals surface area contributed by atoms with Crippen molar-refractivity contribution in [2.75, 3.05) is 37.7 Å². The number of hydrogen-bond donors (Lipinski definition) is 0. The molecule has 23 heavy (non-hydrogen) atoms. The number of morpholine rings is 1. The maximum Gasteiger partial charge on any atom is 0.147 e. The molecule has 2 aliphatic rings. The van der Waals surface area contributed by atoms with Crippen LogP contribution in [0.2, 0.25) is 0 Å². The molecule has 0 saturated carbocycles. The van der Waals surface area contributed by atoms with Crippen molar-refractivity contribution in [3.8, 4) is 0 Å². The minimum Gasteiger partial charge on any atom is -0.468 e. The van der Waals surface area contributed by atoms with Crippen LogP contribution in [-0.2, 0) is 11.3 Å². The second kappa shape index (κ2) is 6.29. The van der Waals surface area contributed by atoms with Gasteiger partial charge in [-0.05, 0) is 25.0 Å². The van der Waals surface area contributed by atoms with Crippen LogP contribution >= 0.6 is 0 Å². The topological polar surface area (TPSA) is 54.6 Å². The van der Waals surface area contributed by atoms with E-state index < -0.39 is 0 Å². The van der Waals surface area contributed by atoms with E-state index in [1.54, 1.807) is 18.7 Å². The van der Waals surface area contributed by atoms with E-state index in [-0.39, 0.29) is 5.60 Å². The molecule has 2 aromatic heterocycles. The van der Waals surface area contributed by atoms with Crippen LogP contribution in [0.5, 0.6) is 0 Å². The normalized spacial score (nSPS) is 25.8. The maximum absolute atomic E-state index is 6.25. The van der Waals surface area contributed by atoms with Crippen molar-refractivity contribution in [1.29, 1.82) is 0 Å². The third kappa shape index (κ3) is 3.23. The van der Waals surface area contributed by atoms with Gasteiger partial charge < -0.3 is 14.1 Å². The number of ether oxygens (including phenoxy) is 1. The first kappa shape index (κ1) is 14.7. The Bertz CT molecular complexity index is 615. The van der Waals surface area contributed by atoms with Crippen molar-refractivity contribution in [3.63, 3.8) is 0 Å². The van der Waals surface area contributed by atoms with Crippen LogP contribution in [0.3, 0.4) is 0 Å². The number of piperidine rings is 1. The van der Waals surface area contributed by atoms with E-state index in [2.05, 4.69) is 19.8 Å². The van der Waals surface area contributed by atoms with Crippen LogP contribution < -0.4 is 4.90 Å². The Kier molecular flexibility index (Phi) is 4.01. The molecule has 0 unspecified atom stereocenters. The molecule has 4 heterocycles. The third-order valence-corrected chi connectivity index (χ3v) is 4.70. The minimum absolute atomic E-state index is 0.111. The monoisotopic (exact) mass is 314 g/mol. The van der Waals surface area contributed by atoms with Gasteiger partial charge in [0.25, 0.3) is 0 Å². The Balaban J connectivity index is 1.46. The lowest BCUT2D eigenvalue weighted by Gasteiger charge is -2.48. The Hall–Kier alpha value is -1.92. The van der Waals surface area contributed by atoms with E-state index in [0.717, 1.165) is 63.8 Å². The highest BCUT2D eigenvalue weighted by molar-refractivity contribution is 5.36. The summed E-state index contributed by atoms with van der Waals surface area (Å²) >= 11 is 0. The summed E-state index contributed by atoms with van der Waals surface area (Å²) in [4.78, 5) is 13.4. The lowest BCUT2D eigenvalue weighted by Crippen LogP contribution is -2.59. The van der Waals surface area contributed by atoms with E-state index in [4.69, 9.17) is 9.15 Å². The van der Waals surface area contributed by atoms with Crippen LogP contribution in [0.1, 0.15) is 18.6 Å². The van der Waals surface area contributed by atoms with Gasteiger partial charge in [-0.25, -0.2) is 4.98 Å². The van der Waals surface area contributed by atoms with Crippen molar-refractivity contribution in [2.24, 2.45) is 0 Å². The molecule has 0 N–H and O–H groups in total. The molecule has 0 aliphatic carbocycles. The molecule has 122 valence electrons. The summed E-state index contributed by atoms with van der Waals surface area (Å²) < 4.78 is 11.7. The lowest BCUT2D eigenvalue weighted by molar-refractivity contribution is -0.117. The molecular formula is C17H22N4O2. The first-order chi connectivity index (χ1) is 11.3. The zero-order valence-corrected chi connectivity index (χ0v) is 13.2. The van der Waals surface area contributed by atoms with Gasteiger partial charge in [-0.15, -0.1) is 0 Å². The smallest absolute Gasteiger partial charge is 0.147 e. The number of rotatable bonds is 3. The summed E-state index contributed by atoms with van der Waals surface area (Å²) in [7, 11) is 0. The predicted molar refractivity (Wildman–Crippen MR) is 86.1 cm³/mol. The van der Waals surface area contributed by atoms with Crippen molar-refractivity contribution in [3.05, 3.63) is 42.7 Å². The number of hydrogen-bond acceptors (Lipinski definition) is 6. The average molecular weight is 314 g/mol. The zero-order chi connectivity index (χ0) is 15.5. The molecule has 1 spiro atoms. The largest absolute Gasteiger partial charge is 0.468 e. The van der Waals surface area contributed by atoms with Crippen LogP contribution in [-0.4, -0.2) is 53.3 Å². The Labute approximate surface area is 136 Å². The van der Waals surface area contributed by atoms with Crippen LogP contribution in [0.15, 0.2) is 41.4 Å². The fourth-order valence-corrected chi connectivity index (χ4v) is 3.68. The summed E-state index contributed by atoms with van der Waals surface area (Å²) in [5, 5.41) is 0. The molecule has 0 radical (unpaired) electrons. The minimum atomic E-state index is -0.111. The molecule has 1 atom stereocenters. The number of aromatic nitrogens is 2. The van der Waals surface area contributed by atoms with Gasteiger partial charge in [0.15, 0.2) is 0 Å². The Morgan fingerprint density at radius 2 is 2.22 bits per heavy atom. The zero-order valence-electron chi connectivity index (χ0n) is 13.2. The number of nitrogens with zero attached hydrogens (tertiary/aromatic N) is 4. The Morgan fingerprint density at radius 1 is 1.22 bits per heavy atom. The van der Waals surface area contributed by atoms with Gasteiger partial charge in [-0.3, -0.25) is 9.88 Å². The predicted octanol–water partition coefficient (Wildman–Crippen LogP) is 1.94. The molecule has 2 fully saturated rings. The molecule has 0 bridgehead atoms. The second-order valence-electron chi connectivity index (χ2n) is 6.41. The van der Waals surface area contributed by atoms with Crippen LogP contribution in [0.25, 0.3) is 0 Å². The second-order valence-corrected chi connectivity index (χ2v) is 6.41. The van der Waals surface area contributed by atoms with Crippen LogP contribution in [0.4, 0.5) is 5.82 Å². The molecule has 0 amide bonds. The number of furan rings is 1. The quantitative estimate of drug-likeness (QED) is 0.863. The van der Waals surface area contributed by atoms with Gasteiger partial charge in [0.05, 0.1) is 31.2 Å². The van der Waals surface area contributed by atoms with Crippen molar-refractivity contribution in [1.82, 2.24) is 14.9 Å². The van der Waals surface area contributed by atoms with E-state index in [1.165, 1.54) is 0 Å². The molecule has 0 aromatic carbocycles. The molecule has 2 saturated heterocycles. The summed E-state index contributed by atoms with van der Waals surface area (Å²) in [6.45, 7) is 5.40. The molecule has 4 rings (SSSR count). The molecule has 2 aromatic rings.